The number of fused-ring (bicyclic) bond motifs is 3. The van der Waals surface area contributed by atoms with Gasteiger partial charge in [0.15, 0.2) is 12.1 Å². The van der Waals surface area contributed by atoms with Gasteiger partial charge in [0.1, 0.15) is 29.7 Å². The lowest BCUT2D eigenvalue weighted by Gasteiger charge is -2.49. The quantitative estimate of drug-likeness (QED) is 0.284. The second-order valence-electron chi connectivity index (χ2n) is 18.1. The van der Waals surface area contributed by atoms with E-state index >= 15 is 0 Å². The molecule has 13 nitrogen and oxygen atoms in total. The van der Waals surface area contributed by atoms with Gasteiger partial charge < -0.3 is 58.9 Å². The van der Waals surface area contributed by atoms with Crippen LogP contribution in [0.4, 0.5) is 0 Å². The van der Waals surface area contributed by atoms with Crippen molar-refractivity contribution in [2.75, 3.05) is 47.4 Å². The van der Waals surface area contributed by atoms with Crippen molar-refractivity contribution in [3.63, 3.8) is 0 Å². The normalized spacial score (nSPS) is 41.8. The molecule has 1 spiro atoms. The highest BCUT2D eigenvalue weighted by Gasteiger charge is 2.58. The minimum atomic E-state index is -1.71. The van der Waals surface area contributed by atoms with Crippen molar-refractivity contribution >= 4 is 5.97 Å². The molecule has 1 aromatic carbocycles. The van der Waals surface area contributed by atoms with E-state index in [9.17, 15) is 20.1 Å². The highest BCUT2D eigenvalue weighted by molar-refractivity contribution is 5.73. The van der Waals surface area contributed by atoms with Crippen LogP contribution in [0.1, 0.15) is 93.1 Å². The summed E-state index contributed by atoms with van der Waals surface area (Å²) in [5.41, 5.74) is -1.43. The topological polar surface area (TPSA) is 152 Å². The Balaban J connectivity index is 1.52. The number of carbonyl (C=O) groups excluding carboxylic acids is 1. The zero-order valence-corrected chi connectivity index (χ0v) is 35.9. The van der Waals surface area contributed by atoms with Gasteiger partial charge in [-0.3, -0.25) is 4.79 Å². The van der Waals surface area contributed by atoms with Crippen LogP contribution in [-0.2, 0) is 34.9 Å². The Hall–Kier alpha value is -1.91. The standard InChI is InChI=1S/C43H73N3O10/c1-12-34-42(8,50)37(48)30(6)44-25-26(2)24-41(7)38(54-40-35(47)33(45(9)10)23-27(3)52-40)28(4)36(29(5)39(49)53-34)55-43(56-41)18-21-46(22-19-43)20-17-31-13-15-32(51-11)16-14-31/h13-16,26-30,33-38,40,44,47-48,50H,12,17-25H2,1-11H3/t26-,27-,28+,29-,30-,33+,34-,35-,36+,37-,38-,40+,41-,42-/m1/s1. The third-order valence-electron chi connectivity index (χ3n) is 13.2. The van der Waals surface area contributed by atoms with Crippen molar-refractivity contribution in [2.24, 2.45) is 17.8 Å². The number of methoxy groups -OCH3 is 1. The first kappa shape index (κ1) is 45.2. The van der Waals surface area contributed by atoms with Crippen molar-refractivity contribution < 1.29 is 48.5 Å². The van der Waals surface area contributed by atoms with Crippen LogP contribution < -0.4 is 10.1 Å². The molecule has 13 heteroatoms. The monoisotopic (exact) mass is 792 g/mol. The number of rotatable bonds is 8. The van der Waals surface area contributed by atoms with E-state index in [0.717, 1.165) is 31.8 Å². The first-order chi connectivity index (χ1) is 26.3. The zero-order chi connectivity index (χ0) is 41.2. The van der Waals surface area contributed by atoms with Crippen molar-refractivity contribution in [1.82, 2.24) is 15.1 Å². The molecule has 0 aliphatic carbocycles. The molecule has 4 aliphatic rings. The largest absolute Gasteiger partial charge is 0.497 e. The number of cyclic esters (lactones) is 1. The molecule has 2 bridgehead atoms. The predicted molar refractivity (Wildman–Crippen MR) is 213 cm³/mol. The second-order valence-corrected chi connectivity index (χ2v) is 18.1. The van der Waals surface area contributed by atoms with Gasteiger partial charge in [0.25, 0.3) is 0 Å². The van der Waals surface area contributed by atoms with Gasteiger partial charge in [-0.1, -0.05) is 32.9 Å². The molecule has 0 aromatic heterocycles. The predicted octanol–water partition coefficient (Wildman–Crippen LogP) is 3.74. The molecule has 4 saturated heterocycles. The maximum Gasteiger partial charge on any atom is 0.311 e. The summed E-state index contributed by atoms with van der Waals surface area (Å²) in [6.45, 7) is 18.1. The number of nitrogens with one attached hydrogen (secondary N) is 1. The molecule has 4 N–H and O–H groups in total. The Bertz CT molecular complexity index is 1410. The fraction of sp³-hybridized carbons (Fsp3) is 0.837. The number of hydrogen-bond donors (Lipinski definition) is 4. The molecular formula is C43H73N3O10. The molecule has 5 rings (SSSR count). The van der Waals surface area contributed by atoms with E-state index in [1.807, 2.05) is 58.8 Å². The van der Waals surface area contributed by atoms with Crippen molar-refractivity contribution in [3.8, 4) is 5.75 Å². The highest BCUT2D eigenvalue weighted by atomic mass is 16.7. The smallest absolute Gasteiger partial charge is 0.311 e. The number of hydrogen-bond acceptors (Lipinski definition) is 13. The first-order valence-corrected chi connectivity index (χ1v) is 21.1. The minimum Gasteiger partial charge on any atom is -0.497 e. The lowest BCUT2D eigenvalue weighted by Crippen LogP contribution is -2.60. The number of piperidine rings is 1. The minimum absolute atomic E-state index is 0.0177. The number of ether oxygens (including phenoxy) is 6. The van der Waals surface area contributed by atoms with Crippen LogP contribution in [0.15, 0.2) is 24.3 Å². The summed E-state index contributed by atoms with van der Waals surface area (Å²) in [5.74, 6) is -1.93. The van der Waals surface area contributed by atoms with E-state index in [2.05, 4.69) is 36.2 Å². The summed E-state index contributed by atoms with van der Waals surface area (Å²) in [5, 5.41) is 38.2. The van der Waals surface area contributed by atoms with E-state index in [4.69, 9.17) is 28.4 Å². The Morgan fingerprint density at radius 2 is 1.70 bits per heavy atom. The molecule has 14 atom stereocenters. The van der Waals surface area contributed by atoms with Gasteiger partial charge in [-0.2, -0.15) is 0 Å². The number of aliphatic hydroxyl groups is 3. The number of aliphatic hydroxyl groups excluding tert-OH is 2. The third-order valence-corrected chi connectivity index (χ3v) is 13.2. The van der Waals surface area contributed by atoms with Gasteiger partial charge in [0.05, 0.1) is 36.9 Å². The maximum absolute atomic E-state index is 14.3. The molecule has 56 heavy (non-hydrogen) atoms. The van der Waals surface area contributed by atoms with Gasteiger partial charge in [-0.15, -0.1) is 0 Å². The molecule has 0 unspecified atom stereocenters. The summed E-state index contributed by atoms with van der Waals surface area (Å²) in [4.78, 5) is 18.7. The molecule has 0 saturated carbocycles. The van der Waals surface area contributed by atoms with E-state index in [-0.39, 0.29) is 18.1 Å². The summed E-state index contributed by atoms with van der Waals surface area (Å²) in [7, 11) is 5.58. The molecule has 4 aliphatic heterocycles. The Labute approximate surface area is 335 Å². The van der Waals surface area contributed by atoms with E-state index < -0.39 is 77.6 Å². The summed E-state index contributed by atoms with van der Waals surface area (Å²) in [6.07, 6.45) is -2.02. The van der Waals surface area contributed by atoms with Crippen LogP contribution in [0.5, 0.6) is 5.75 Å². The number of benzene rings is 1. The SMILES string of the molecule is CC[C@H]1OC(=O)[C@H](C)[C@H]2OC3(CCN(CCc4ccc(OC)cc4)CC3)O[C@](C)(C[C@@H](C)CN[C@H](C)[C@@H](O)[C@]1(C)O)[C@H](O[C@@H]1O[C@H](C)C[C@H](N(C)C)[C@H]1O)[C@H]2C. The molecule has 0 radical (unpaired) electrons. The van der Waals surface area contributed by atoms with E-state index in [1.165, 1.54) is 12.5 Å². The first-order valence-electron chi connectivity index (χ1n) is 21.1. The van der Waals surface area contributed by atoms with Crippen LogP contribution in [0, 0.1) is 17.8 Å². The number of nitrogens with zero attached hydrogens (tertiary/aromatic N) is 2. The summed E-state index contributed by atoms with van der Waals surface area (Å²) < 4.78 is 39.5. The highest BCUT2D eigenvalue weighted by Crippen LogP contribution is 2.47. The number of likely N-dealkylation sites (tertiary alicyclic amines) is 1. The van der Waals surface area contributed by atoms with Crippen LogP contribution in [-0.4, -0.2) is 150 Å². The average molecular weight is 792 g/mol. The van der Waals surface area contributed by atoms with E-state index in [1.54, 1.807) is 14.0 Å². The lowest BCUT2D eigenvalue weighted by molar-refractivity contribution is -0.332. The fourth-order valence-corrected chi connectivity index (χ4v) is 9.75. The molecular weight excluding hydrogens is 718 g/mol. The maximum atomic E-state index is 14.3. The Morgan fingerprint density at radius 1 is 1.04 bits per heavy atom. The van der Waals surface area contributed by atoms with Crippen LogP contribution in [0.2, 0.25) is 0 Å². The Kier molecular flexibility index (Phi) is 15.0. The van der Waals surface area contributed by atoms with Crippen LogP contribution in [0.25, 0.3) is 0 Å². The second kappa shape index (κ2) is 18.6. The molecule has 320 valence electrons. The van der Waals surface area contributed by atoms with Gasteiger partial charge in [0.2, 0.25) is 0 Å². The number of esters is 1. The van der Waals surface area contributed by atoms with Gasteiger partial charge >= 0.3 is 5.97 Å². The van der Waals surface area contributed by atoms with Crippen molar-refractivity contribution in [1.29, 1.82) is 0 Å². The van der Waals surface area contributed by atoms with Crippen molar-refractivity contribution in [3.05, 3.63) is 29.8 Å². The molecule has 0 amide bonds. The summed E-state index contributed by atoms with van der Waals surface area (Å²) >= 11 is 0. The number of carbonyl (C=O) groups is 1. The fourth-order valence-electron chi connectivity index (χ4n) is 9.75. The summed E-state index contributed by atoms with van der Waals surface area (Å²) in [6, 6.07) is 7.51. The molecule has 4 fully saturated rings. The zero-order valence-electron chi connectivity index (χ0n) is 35.9. The van der Waals surface area contributed by atoms with E-state index in [0.29, 0.717) is 38.6 Å². The van der Waals surface area contributed by atoms with Crippen LogP contribution >= 0.6 is 0 Å². The molecule has 4 heterocycles. The Morgan fingerprint density at radius 3 is 2.30 bits per heavy atom. The van der Waals surface area contributed by atoms with Gasteiger partial charge in [-0.05, 0) is 105 Å². The third kappa shape index (κ3) is 10.1. The average Bonchev–Trinajstić information content (AvgIpc) is 3.24. The van der Waals surface area contributed by atoms with Gasteiger partial charge in [0, 0.05) is 50.5 Å². The van der Waals surface area contributed by atoms with Gasteiger partial charge in [-0.25, -0.2) is 0 Å². The number of likely N-dealkylation sites (N-methyl/N-ethyl adjacent to an activating group) is 1. The van der Waals surface area contributed by atoms with Crippen molar-refractivity contribution in [2.45, 2.75) is 166 Å². The van der Waals surface area contributed by atoms with Crippen LogP contribution in [0.3, 0.4) is 0 Å². The lowest BCUT2D eigenvalue weighted by atomic mass is 9.78. The molecule has 1 aromatic rings.